The van der Waals surface area contributed by atoms with Crippen molar-refractivity contribution in [2.24, 2.45) is 5.73 Å². The number of anilines is 1. The summed E-state index contributed by atoms with van der Waals surface area (Å²) in [5, 5.41) is 2.65. The number of carbonyl (C=O) groups is 1. The second-order valence-electron chi connectivity index (χ2n) is 2.76. The molecule has 5 nitrogen and oxygen atoms in total. The van der Waals surface area contributed by atoms with E-state index in [-0.39, 0.29) is 5.75 Å². The molecule has 0 aromatic heterocycles. The Balaban J connectivity index is 2.87. The zero-order chi connectivity index (χ0) is 11.4. The summed E-state index contributed by atoms with van der Waals surface area (Å²) in [4.78, 5) is 10.5. The van der Waals surface area contributed by atoms with Crippen molar-refractivity contribution in [2.75, 3.05) is 5.32 Å². The summed E-state index contributed by atoms with van der Waals surface area (Å²) in [7, 11) is 0. The van der Waals surface area contributed by atoms with E-state index in [4.69, 9.17) is 21.9 Å². The van der Waals surface area contributed by atoms with Crippen LogP contribution >= 0.6 is 11.6 Å². The van der Waals surface area contributed by atoms with E-state index in [2.05, 4.69) is 5.32 Å². The van der Waals surface area contributed by atoms with Crippen LogP contribution in [-0.4, -0.2) is 14.8 Å². The van der Waals surface area contributed by atoms with E-state index < -0.39 is 17.1 Å². The Morgan fingerprint density at radius 2 is 2.27 bits per heavy atom. The number of nitrogens with one attached hydrogen (secondary N) is 1. The molecule has 0 fully saturated rings. The molecule has 7 heteroatoms. The van der Waals surface area contributed by atoms with Crippen LogP contribution in [0.25, 0.3) is 0 Å². The molecule has 0 saturated carbocycles. The predicted molar refractivity (Wildman–Crippen MR) is 59.1 cm³/mol. The SMILES string of the molecule is NC(=O)Nc1ccc(CS(=O)O)c(Cl)c1. The highest BCUT2D eigenvalue weighted by Gasteiger charge is 2.05. The Labute approximate surface area is 93.9 Å². The van der Waals surface area contributed by atoms with Crippen LogP contribution in [0.5, 0.6) is 0 Å². The standard InChI is InChI=1S/C8H9ClN2O3S/c9-7-3-6(11-8(10)12)2-1-5(7)4-15(13)14/h1-3H,4H2,(H,13,14)(H3,10,11,12). The van der Waals surface area contributed by atoms with Gasteiger partial charge in [0.05, 0.1) is 5.75 Å². The van der Waals surface area contributed by atoms with Crippen molar-refractivity contribution in [2.45, 2.75) is 5.75 Å². The van der Waals surface area contributed by atoms with E-state index in [0.717, 1.165) is 0 Å². The Hall–Kier alpha value is -1.11. The van der Waals surface area contributed by atoms with E-state index in [0.29, 0.717) is 16.3 Å². The van der Waals surface area contributed by atoms with Crippen molar-refractivity contribution in [1.82, 2.24) is 0 Å². The number of primary amides is 1. The van der Waals surface area contributed by atoms with Gasteiger partial charge in [0.1, 0.15) is 0 Å². The molecule has 1 atom stereocenters. The average Bonchev–Trinajstić information content (AvgIpc) is 2.08. The molecule has 1 rings (SSSR count). The molecule has 0 spiro atoms. The van der Waals surface area contributed by atoms with Gasteiger partial charge in [-0.05, 0) is 17.7 Å². The quantitative estimate of drug-likeness (QED) is 0.709. The lowest BCUT2D eigenvalue weighted by atomic mass is 10.2. The first-order valence-electron chi connectivity index (χ1n) is 3.91. The number of hydrogen-bond acceptors (Lipinski definition) is 2. The topological polar surface area (TPSA) is 92.4 Å². The summed E-state index contributed by atoms with van der Waals surface area (Å²) < 4.78 is 19.2. The Morgan fingerprint density at radius 3 is 2.73 bits per heavy atom. The molecule has 82 valence electrons. The van der Waals surface area contributed by atoms with Gasteiger partial charge in [0.2, 0.25) is 0 Å². The van der Waals surface area contributed by atoms with Crippen molar-refractivity contribution in [1.29, 1.82) is 0 Å². The summed E-state index contributed by atoms with van der Waals surface area (Å²) in [6.45, 7) is 0. The van der Waals surface area contributed by atoms with Gasteiger partial charge in [-0.3, -0.25) is 0 Å². The van der Waals surface area contributed by atoms with Gasteiger partial charge >= 0.3 is 6.03 Å². The van der Waals surface area contributed by atoms with Crippen LogP contribution in [0.4, 0.5) is 10.5 Å². The molecule has 1 aromatic carbocycles. The average molecular weight is 249 g/mol. The van der Waals surface area contributed by atoms with E-state index in [1.165, 1.54) is 6.07 Å². The number of rotatable bonds is 3. The number of carbonyl (C=O) groups excluding carboxylic acids is 1. The summed E-state index contributed by atoms with van der Waals surface area (Å²) in [6.07, 6.45) is 0. The maximum atomic E-state index is 10.5. The van der Waals surface area contributed by atoms with Crippen molar-refractivity contribution in [3.8, 4) is 0 Å². The number of hydrogen-bond donors (Lipinski definition) is 3. The molecule has 2 amide bonds. The normalized spacial score (nSPS) is 12.1. The van der Waals surface area contributed by atoms with Crippen LogP contribution in [0.3, 0.4) is 0 Å². The van der Waals surface area contributed by atoms with Crippen molar-refractivity contribution < 1.29 is 13.6 Å². The minimum Gasteiger partial charge on any atom is -0.351 e. The van der Waals surface area contributed by atoms with Gasteiger partial charge in [-0.1, -0.05) is 17.7 Å². The summed E-state index contributed by atoms with van der Waals surface area (Å²) >= 11 is 3.88. The fourth-order valence-electron chi connectivity index (χ4n) is 1.02. The third-order valence-electron chi connectivity index (χ3n) is 1.60. The highest BCUT2D eigenvalue weighted by Crippen LogP contribution is 2.21. The zero-order valence-corrected chi connectivity index (χ0v) is 9.14. The molecular weight excluding hydrogens is 240 g/mol. The molecule has 0 radical (unpaired) electrons. The maximum Gasteiger partial charge on any atom is 0.316 e. The van der Waals surface area contributed by atoms with E-state index in [1.807, 2.05) is 0 Å². The van der Waals surface area contributed by atoms with Gasteiger partial charge < -0.3 is 15.6 Å². The van der Waals surface area contributed by atoms with Crippen molar-refractivity contribution >= 4 is 34.4 Å². The van der Waals surface area contributed by atoms with Gasteiger partial charge in [0, 0.05) is 10.7 Å². The predicted octanol–water partition coefficient (Wildman–Crippen LogP) is 1.55. The Morgan fingerprint density at radius 1 is 1.60 bits per heavy atom. The molecule has 4 N–H and O–H groups in total. The monoisotopic (exact) mass is 248 g/mol. The van der Waals surface area contributed by atoms with E-state index >= 15 is 0 Å². The van der Waals surface area contributed by atoms with Crippen LogP contribution in [0.15, 0.2) is 18.2 Å². The molecule has 15 heavy (non-hydrogen) atoms. The lowest BCUT2D eigenvalue weighted by Crippen LogP contribution is -2.19. The summed E-state index contributed by atoms with van der Waals surface area (Å²) in [5.41, 5.74) is 5.89. The second kappa shape index (κ2) is 5.11. The van der Waals surface area contributed by atoms with E-state index in [1.54, 1.807) is 12.1 Å². The molecular formula is C8H9ClN2O3S. The summed E-state index contributed by atoms with van der Waals surface area (Å²) in [6, 6.07) is 3.89. The number of benzene rings is 1. The highest BCUT2D eigenvalue weighted by molar-refractivity contribution is 7.78. The van der Waals surface area contributed by atoms with Crippen LogP contribution in [-0.2, 0) is 16.8 Å². The Bertz CT molecular complexity index is 411. The van der Waals surface area contributed by atoms with Gasteiger partial charge in [0.25, 0.3) is 0 Å². The lowest BCUT2D eigenvalue weighted by Gasteiger charge is -2.05. The van der Waals surface area contributed by atoms with E-state index in [9.17, 15) is 9.00 Å². The molecule has 0 aliphatic carbocycles. The maximum absolute atomic E-state index is 10.5. The number of nitrogens with two attached hydrogens (primary N) is 1. The number of halogens is 1. The fourth-order valence-corrected chi connectivity index (χ4v) is 1.86. The minimum absolute atomic E-state index is 0.0459. The van der Waals surface area contributed by atoms with Crippen molar-refractivity contribution in [3.05, 3.63) is 28.8 Å². The van der Waals surface area contributed by atoms with Crippen LogP contribution < -0.4 is 11.1 Å². The highest BCUT2D eigenvalue weighted by atomic mass is 35.5. The molecule has 0 aliphatic heterocycles. The largest absolute Gasteiger partial charge is 0.351 e. The number of amides is 2. The molecule has 1 unspecified atom stereocenters. The van der Waals surface area contributed by atoms with Gasteiger partial charge in [-0.2, -0.15) is 0 Å². The zero-order valence-electron chi connectivity index (χ0n) is 7.57. The number of urea groups is 1. The minimum atomic E-state index is -1.94. The fraction of sp³-hybridized carbons (Fsp3) is 0.125. The lowest BCUT2D eigenvalue weighted by molar-refractivity contribution is 0.259. The van der Waals surface area contributed by atoms with Gasteiger partial charge in [0.15, 0.2) is 11.1 Å². The molecule has 0 heterocycles. The molecule has 0 bridgehead atoms. The van der Waals surface area contributed by atoms with Gasteiger partial charge in [-0.25, -0.2) is 9.00 Å². The molecule has 1 aromatic rings. The first kappa shape index (κ1) is 12.0. The third kappa shape index (κ3) is 3.86. The van der Waals surface area contributed by atoms with Gasteiger partial charge in [-0.15, -0.1) is 0 Å². The van der Waals surface area contributed by atoms with Crippen molar-refractivity contribution in [3.63, 3.8) is 0 Å². The second-order valence-corrected chi connectivity index (χ2v) is 4.10. The first-order valence-corrected chi connectivity index (χ1v) is 5.57. The first-order chi connectivity index (χ1) is 6.99. The third-order valence-corrected chi connectivity index (χ3v) is 2.51. The summed E-state index contributed by atoms with van der Waals surface area (Å²) in [5.74, 6) is -0.0459. The van der Waals surface area contributed by atoms with Crippen LogP contribution in [0.2, 0.25) is 5.02 Å². The molecule has 0 saturated heterocycles. The van der Waals surface area contributed by atoms with Crippen LogP contribution in [0.1, 0.15) is 5.56 Å². The van der Waals surface area contributed by atoms with Crippen LogP contribution in [0, 0.1) is 0 Å². The Kier molecular flexibility index (Phi) is 4.07. The molecule has 0 aliphatic rings. The smallest absolute Gasteiger partial charge is 0.316 e.